The SMILES string of the molecule is CCCC(C)(N)c1nc(CCc2ccccc2)no1.Cl. The van der Waals surface area contributed by atoms with E-state index >= 15 is 0 Å². The summed E-state index contributed by atoms with van der Waals surface area (Å²) >= 11 is 0. The molecule has 1 aromatic carbocycles. The average Bonchev–Trinajstić information content (AvgIpc) is 2.87. The van der Waals surface area contributed by atoms with E-state index in [1.165, 1.54) is 5.56 Å². The Bertz CT molecular complexity index is 511. The Hall–Kier alpha value is -1.39. The lowest BCUT2D eigenvalue weighted by Gasteiger charge is -2.18. The molecule has 0 bridgehead atoms. The fraction of sp³-hybridized carbons (Fsp3) is 0.467. The van der Waals surface area contributed by atoms with Crippen LogP contribution in [-0.2, 0) is 18.4 Å². The van der Waals surface area contributed by atoms with Crippen LogP contribution in [0.15, 0.2) is 34.9 Å². The fourth-order valence-electron chi connectivity index (χ4n) is 2.11. The van der Waals surface area contributed by atoms with Crippen LogP contribution >= 0.6 is 12.4 Å². The van der Waals surface area contributed by atoms with Crippen molar-refractivity contribution in [1.82, 2.24) is 10.1 Å². The minimum atomic E-state index is -0.521. The Morgan fingerprint density at radius 1 is 1.20 bits per heavy atom. The van der Waals surface area contributed by atoms with E-state index in [-0.39, 0.29) is 12.4 Å². The van der Waals surface area contributed by atoms with Crippen molar-refractivity contribution in [3.63, 3.8) is 0 Å². The van der Waals surface area contributed by atoms with E-state index in [1.807, 2.05) is 25.1 Å². The maximum atomic E-state index is 6.17. The first-order valence-corrected chi connectivity index (χ1v) is 6.77. The van der Waals surface area contributed by atoms with Gasteiger partial charge in [0.15, 0.2) is 5.82 Å². The van der Waals surface area contributed by atoms with Gasteiger partial charge >= 0.3 is 0 Å². The van der Waals surface area contributed by atoms with Crippen LogP contribution in [0.25, 0.3) is 0 Å². The summed E-state index contributed by atoms with van der Waals surface area (Å²) in [5, 5.41) is 4.01. The molecule has 1 unspecified atom stereocenters. The van der Waals surface area contributed by atoms with Gasteiger partial charge in [-0.2, -0.15) is 4.98 Å². The molecular formula is C15H22ClN3O. The van der Waals surface area contributed by atoms with Crippen LogP contribution in [0.3, 0.4) is 0 Å². The zero-order valence-corrected chi connectivity index (χ0v) is 12.8. The number of rotatable bonds is 6. The molecule has 0 radical (unpaired) electrons. The molecule has 0 aliphatic heterocycles. The van der Waals surface area contributed by atoms with Gasteiger partial charge in [0.25, 0.3) is 0 Å². The summed E-state index contributed by atoms with van der Waals surface area (Å²) in [7, 11) is 0. The highest BCUT2D eigenvalue weighted by atomic mass is 35.5. The summed E-state index contributed by atoms with van der Waals surface area (Å²) in [6.07, 6.45) is 3.52. The quantitative estimate of drug-likeness (QED) is 0.888. The second-order valence-corrected chi connectivity index (χ2v) is 5.17. The second-order valence-electron chi connectivity index (χ2n) is 5.17. The molecule has 0 amide bonds. The standard InChI is InChI=1S/C15H21N3O.ClH/c1-3-11-15(2,16)14-17-13(18-19-14)10-9-12-7-5-4-6-8-12;/h4-8H,3,9-11,16H2,1-2H3;1H. The van der Waals surface area contributed by atoms with Gasteiger partial charge in [0.1, 0.15) is 0 Å². The van der Waals surface area contributed by atoms with E-state index in [9.17, 15) is 0 Å². The van der Waals surface area contributed by atoms with Gasteiger partial charge < -0.3 is 10.3 Å². The van der Waals surface area contributed by atoms with Crippen molar-refractivity contribution in [2.45, 2.75) is 45.1 Å². The highest BCUT2D eigenvalue weighted by molar-refractivity contribution is 5.85. The number of halogens is 1. The topological polar surface area (TPSA) is 64.9 Å². The van der Waals surface area contributed by atoms with Crippen molar-refractivity contribution in [3.8, 4) is 0 Å². The molecule has 0 aliphatic carbocycles. The molecule has 1 heterocycles. The molecule has 1 aromatic heterocycles. The van der Waals surface area contributed by atoms with Crippen molar-refractivity contribution < 1.29 is 4.52 Å². The Balaban J connectivity index is 0.00000200. The molecular weight excluding hydrogens is 274 g/mol. The van der Waals surface area contributed by atoms with Crippen molar-refractivity contribution >= 4 is 12.4 Å². The molecule has 0 aliphatic rings. The summed E-state index contributed by atoms with van der Waals surface area (Å²) < 4.78 is 5.28. The smallest absolute Gasteiger partial charge is 0.246 e. The summed E-state index contributed by atoms with van der Waals surface area (Å²) in [6.45, 7) is 4.03. The van der Waals surface area contributed by atoms with Crippen molar-refractivity contribution in [3.05, 3.63) is 47.6 Å². The maximum Gasteiger partial charge on any atom is 0.246 e. The summed E-state index contributed by atoms with van der Waals surface area (Å²) in [5.74, 6) is 1.27. The van der Waals surface area contributed by atoms with Crippen LogP contribution in [-0.4, -0.2) is 10.1 Å². The number of nitrogens with zero attached hydrogens (tertiary/aromatic N) is 2. The molecule has 2 rings (SSSR count). The van der Waals surface area contributed by atoms with Gasteiger partial charge in [-0.05, 0) is 25.3 Å². The van der Waals surface area contributed by atoms with Gasteiger partial charge in [-0.1, -0.05) is 48.8 Å². The van der Waals surface area contributed by atoms with Gasteiger partial charge in [-0.3, -0.25) is 0 Å². The first kappa shape index (κ1) is 16.7. The monoisotopic (exact) mass is 295 g/mol. The van der Waals surface area contributed by atoms with Crippen LogP contribution in [0.1, 0.15) is 44.0 Å². The van der Waals surface area contributed by atoms with Gasteiger partial charge in [0.05, 0.1) is 5.54 Å². The Labute approximate surface area is 126 Å². The lowest BCUT2D eigenvalue weighted by atomic mass is 9.98. The van der Waals surface area contributed by atoms with E-state index < -0.39 is 5.54 Å². The maximum absolute atomic E-state index is 6.17. The first-order chi connectivity index (χ1) is 9.12. The van der Waals surface area contributed by atoms with Crippen LogP contribution in [0.5, 0.6) is 0 Å². The highest BCUT2D eigenvalue weighted by Gasteiger charge is 2.27. The average molecular weight is 296 g/mol. The van der Waals surface area contributed by atoms with Gasteiger partial charge in [0, 0.05) is 6.42 Å². The highest BCUT2D eigenvalue weighted by Crippen LogP contribution is 2.21. The summed E-state index contributed by atoms with van der Waals surface area (Å²) in [6, 6.07) is 10.3. The minimum Gasteiger partial charge on any atom is -0.337 e. The van der Waals surface area contributed by atoms with Crippen LogP contribution < -0.4 is 5.73 Å². The van der Waals surface area contributed by atoms with Crippen LogP contribution in [0.4, 0.5) is 0 Å². The predicted molar refractivity (Wildman–Crippen MR) is 81.8 cm³/mol. The van der Waals surface area contributed by atoms with Gasteiger partial charge in [-0.25, -0.2) is 0 Å². The van der Waals surface area contributed by atoms with Crippen LogP contribution in [0.2, 0.25) is 0 Å². The van der Waals surface area contributed by atoms with Crippen molar-refractivity contribution in [1.29, 1.82) is 0 Å². The third-order valence-corrected chi connectivity index (χ3v) is 3.21. The summed E-state index contributed by atoms with van der Waals surface area (Å²) in [5.41, 5.74) is 6.93. The number of hydrogen-bond acceptors (Lipinski definition) is 4. The fourth-order valence-corrected chi connectivity index (χ4v) is 2.11. The minimum absolute atomic E-state index is 0. The normalized spacial score (nSPS) is 13.6. The Morgan fingerprint density at radius 3 is 2.55 bits per heavy atom. The van der Waals surface area contributed by atoms with Gasteiger partial charge in [-0.15, -0.1) is 12.4 Å². The number of benzene rings is 1. The predicted octanol–water partition coefficient (Wildman–Crippen LogP) is 3.25. The van der Waals surface area contributed by atoms with Gasteiger partial charge in [0.2, 0.25) is 5.89 Å². The number of aromatic nitrogens is 2. The van der Waals surface area contributed by atoms with E-state index in [4.69, 9.17) is 10.3 Å². The molecule has 0 spiro atoms. The Kier molecular flexibility index (Phi) is 6.17. The molecule has 2 N–H and O–H groups in total. The van der Waals surface area contributed by atoms with E-state index in [2.05, 4.69) is 29.2 Å². The molecule has 0 fully saturated rings. The molecule has 2 aromatic rings. The third kappa shape index (κ3) is 4.32. The third-order valence-electron chi connectivity index (χ3n) is 3.21. The molecule has 1 atom stereocenters. The lowest BCUT2D eigenvalue weighted by molar-refractivity contribution is 0.282. The molecule has 5 heteroatoms. The number of aryl methyl sites for hydroxylation is 2. The Morgan fingerprint density at radius 2 is 1.90 bits per heavy atom. The number of nitrogens with two attached hydrogens (primary N) is 1. The molecule has 4 nitrogen and oxygen atoms in total. The lowest BCUT2D eigenvalue weighted by Crippen LogP contribution is -2.33. The van der Waals surface area contributed by atoms with E-state index in [1.54, 1.807) is 0 Å². The summed E-state index contributed by atoms with van der Waals surface area (Å²) in [4.78, 5) is 4.41. The molecule has 110 valence electrons. The second kappa shape index (κ2) is 7.41. The molecule has 0 saturated carbocycles. The number of hydrogen-bond donors (Lipinski definition) is 1. The van der Waals surface area contributed by atoms with Crippen molar-refractivity contribution in [2.75, 3.05) is 0 Å². The first-order valence-electron chi connectivity index (χ1n) is 6.77. The van der Waals surface area contributed by atoms with E-state index in [0.29, 0.717) is 5.89 Å². The van der Waals surface area contributed by atoms with Crippen molar-refractivity contribution in [2.24, 2.45) is 5.73 Å². The zero-order valence-electron chi connectivity index (χ0n) is 12.0. The van der Waals surface area contributed by atoms with Crippen LogP contribution in [0, 0.1) is 0 Å². The zero-order chi connectivity index (χ0) is 13.7. The van der Waals surface area contributed by atoms with E-state index in [0.717, 1.165) is 31.5 Å². The largest absolute Gasteiger partial charge is 0.337 e. The molecule has 20 heavy (non-hydrogen) atoms. The molecule has 0 saturated heterocycles.